The lowest BCUT2D eigenvalue weighted by Crippen LogP contribution is -2.61. The van der Waals surface area contributed by atoms with Crippen molar-refractivity contribution < 1.29 is 34.1 Å². The highest BCUT2D eigenvalue weighted by molar-refractivity contribution is 5.36. The first-order chi connectivity index (χ1) is 17.0. The largest absolute Gasteiger partial charge is 0.462 e. The molecule has 4 rings (SSSR count). The lowest BCUT2D eigenvalue weighted by Gasteiger charge is -2.42. The molecule has 2 N–H and O–H groups in total. The Morgan fingerprint density at radius 2 is 1.43 bits per heavy atom. The molecule has 3 aromatic rings. The van der Waals surface area contributed by atoms with E-state index in [4.69, 9.17) is 18.9 Å². The summed E-state index contributed by atoms with van der Waals surface area (Å²) in [7, 11) is 0. The molecule has 0 saturated carbocycles. The summed E-state index contributed by atoms with van der Waals surface area (Å²) in [6, 6.07) is 24.4. The van der Waals surface area contributed by atoms with Gasteiger partial charge in [-0.15, -0.1) is 0 Å². The van der Waals surface area contributed by atoms with Crippen LogP contribution in [0.25, 0.3) is 0 Å². The van der Waals surface area contributed by atoms with Crippen molar-refractivity contribution in [3.63, 3.8) is 0 Å². The molecule has 35 heavy (non-hydrogen) atoms. The quantitative estimate of drug-likeness (QED) is 0.335. The Labute approximate surface area is 202 Å². The molecule has 0 unspecified atom stereocenters. The lowest BCUT2D eigenvalue weighted by atomic mass is 9.99. The molecule has 1 aliphatic rings. The second-order valence-electron chi connectivity index (χ2n) is 8.15. The summed E-state index contributed by atoms with van der Waals surface area (Å²) in [4.78, 5) is 10.4. The van der Waals surface area contributed by atoms with Gasteiger partial charge in [0.05, 0.1) is 24.7 Å². The first kappa shape index (κ1) is 24.8. The van der Waals surface area contributed by atoms with Crippen molar-refractivity contribution in [2.75, 3.05) is 6.61 Å². The van der Waals surface area contributed by atoms with Gasteiger partial charge in [-0.3, -0.25) is 10.1 Å². The predicted octanol–water partition coefficient (Wildman–Crippen LogP) is 3.22. The minimum absolute atomic E-state index is 0.0125. The van der Waals surface area contributed by atoms with E-state index in [1.54, 1.807) is 0 Å². The van der Waals surface area contributed by atoms with Crippen LogP contribution in [0.3, 0.4) is 0 Å². The summed E-state index contributed by atoms with van der Waals surface area (Å²) in [5.41, 5.74) is 1.75. The van der Waals surface area contributed by atoms with Crippen molar-refractivity contribution >= 4 is 5.69 Å². The smallest absolute Gasteiger partial charge is 0.269 e. The standard InChI is InChI=1S/C26H27NO8/c28-23-22(17-32-15-18-7-3-1-4-8-18)35-26(34-21-13-11-20(12-14-21)27(30)31)25(24(23)29)33-16-19-9-5-2-6-10-19/h1-14,22-26,28-29H,15-17H2/t22-,23+,24+,25-,26+/m1/s1. The molecule has 1 heterocycles. The average Bonchev–Trinajstić information content (AvgIpc) is 2.88. The average molecular weight is 482 g/mol. The maximum absolute atomic E-state index is 10.9. The number of benzene rings is 3. The molecule has 1 fully saturated rings. The third kappa shape index (κ3) is 6.62. The highest BCUT2D eigenvalue weighted by Crippen LogP contribution is 2.28. The monoisotopic (exact) mass is 481 g/mol. The van der Waals surface area contributed by atoms with Gasteiger partial charge in [-0.05, 0) is 23.3 Å². The highest BCUT2D eigenvalue weighted by Gasteiger charge is 2.46. The molecule has 9 nitrogen and oxygen atoms in total. The molecule has 184 valence electrons. The fraction of sp³-hybridized carbons (Fsp3) is 0.308. The van der Waals surface area contributed by atoms with E-state index in [9.17, 15) is 20.3 Å². The first-order valence-electron chi connectivity index (χ1n) is 11.2. The molecule has 1 aliphatic heterocycles. The Balaban J connectivity index is 1.46. The number of ether oxygens (including phenoxy) is 4. The molecule has 0 spiro atoms. The number of aliphatic hydroxyl groups is 2. The van der Waals surface area contributed by atoms with Crippen LogP contribution in [-0.4, -0.2) is 52.4 Å². The Hall–Kier alpha value is -3.34. The van der Waals surface area contributed by atoms with Gasteiger partial charge in [0.2, 0.25) is 6.29 Å². The lowest BCUT2D eigenvalue weighted by molar-refractivity contribution is -0.384. The number of hydrogen-bond donors (Lipinski definition) is 2. The third-order valence-corrected chi connectivity index (χ3v) is 5.62. The van der Waals surface area contributed by atoms with Crippen molar-refractivity contribution in [2.45, 2.75) is 43.9 Å². The van der Waals surface area contributed by atoms with Crippen molar-refractivity contribution in [3.05, 3.63) is 106 Å². The van der Waals surface area contributed by atoms with E-state index in [1.165, 1.54) is 24.3 Å². The number of nitro groups is 1. The fourth-order valence-corrected chi connectivity index (χ4v) is 3.73. The highest BCUT2D eigenvalue weighted by atomic mass is 16.7. The SMILES string of the molecule is O=[N+]([O-])c1ccc(O[C@H]2O[C@H](COCc3ccccc3)[C@H](O)[C@H](O)[C@H]2OCc2ccccc2)cc1. The molecule has 1 saturated heterocycles. The van der Waals surface area contributed by atoms with Crippen molar-refractivity contribution in [1.82, 2.24) is 0 Å². The predicted molar refractivity (Wildman–Crippen MR) is 126 cm³/mol. The second-order valence-corrected chi connectivity index (χ2v) is 8.15. The molecule has 0 aliphatic carbocycles. The van der Waals surface area contributed by atoms with E-state index in [2.05, 4.69) is 0 Å². The first-order valence-corrected chi connectivity index (χ1v) is 11.2. The zero-order valence-corrected chi connectivity index (χ0v) is 18.9. The Morgan fingerprint density at radius 3 is 2.03 bits per heavy atom. The van der Waals surface area contributed by atoms with Crippen molar-refractivity contribution in [2.24, 2.45) is 0 Å². The molecule has 5 atom stereocenters. The van der Waals surface area contributed by atoms with E-state index < -0.39 is 35.6 Å². The molecule has 3 aromatic carbocycles. The molecule has 0 radical (unpaired) electrons. The van der Waals surface area contributed by atoms with Crippen LogP contribution in [0.15, 0.2) is 84.9 Å². The van der Waals surface area contributed by atoms with Gasteiger partial charge in [0, 0.05) is 12.1 Å². The van der Waals surface area contributed by atoms with E-state index in [1.807, 2.05) is 60.7 Å². The van der Waals surface area contributed by atoms with Crippen LogP contribution in [-0.2, 0) is 27.4 Å². The van der Waals surface area contributed by atoms with E-state index in [-0.39, 0.29) is 18.9 Å². The van der Waals surface area contributed by atoms with Crippen molar-refractivity contribution in [3.8, 4) is 5.75 Å². The van der Waals surface area contributed by atoms with Crippen molar-refractivity contribution in [1.29, 1.82) is 0 Å². The molecule has 9 heteroatoms. The maximum Gasteiger partial charge on any atom is 0.269 e. The van der Waals surface area contributed by atoms with Gasteiger partial charge in [-0.1, -0.05) is 60.7 Å². The van der Waals surface area contributed by atoms with Crippen LogP contribution in [0.4, 0.5) is 5.69 Å². The zero-order chi connectivity index (χ0) is 24.6. The number of hydrogen-bond acceptors (Lipinski definition) is 8. The summed E-state index contributed by atoms with van der Waals surface area (Å²) in [6.07, 6.45) is -5.59. The minimum atomic E-state index is -1.32. The second kappa shape index (κ2) is 11.9. The minimum Gasteiger partial charge on any atom is -0.462 e. The van der Waals surface area contributed by atoms with Gasteiger partial charge in [0.25, 0.3) is 5.69 Å². The topological polar surface area (TPSA) is 121 Å². The molecule has 0 amide bonds. The summed E-state index contributed by atoms with van der Waals surface area (Å²) >= 11 is 0. The molecular weight excluding hydrogens is 454 g/mol. The summed E-state index contributed by atoms with van der Waals surface area (Å²) in [6.45, 7) is 0.484. The van der Waals surface area contributed by atoms with Gasteiger partial charge in [0.15, 0.2) is 0 Å². The molecule has 0 bridgehead atoms. The van der Waals surface area contributed by atoms with E-state index in [0.717, 1.165) is 11.1 Å². The third-order valence-electron chi connectivity index (χ3n) is 5.62. The fourth-order valence-electron chi connectivity index (χ4n) is 3.73. The maximum atomic E-state index is 10.9. The van der Waals surface area contributed by atoms with Gasteiger partial charge in [-0.25, -0.2) is 0 Å². The van der Waals surface area contributed by atoms with Gasteiger partial charge in [0.1, 0.15) is 30.2 Å². The van der Waals surface area contributed by atoms with Gasteiger partial charge < -0.3 is 29.2 Å². The number of nitrogens with zero attached hydrogens (tertiary/aromatic N) is 1. The number of rotatable bonds is 10. The number of non-ortho nitro benzene ring substituents is 1. The van der Waals surface area contributed by atoms with Gasteiger partial charge >= 0.3 is 0 Å². The van der Waals surface area contributed by atoms with Crippen LogP contribution in [0.2, 0.25) is 0 Å². The number of nitro benzene ring substituents is 1. The number of aliphatic hydroxyl groups excluding tert-OH is 2. The van der Waals surface area contributed by atoms with Crippen LogP contribution in [0, 0.1) is 10.1 Å². The van der Waals surface area contributed by atoms with Crippen LogP contribution < -0.4 is 4.74 Å². The van der Waals surface area contributed by atoms with E-state index >= 15 is 0 Å². The Kier molecular flexibility index (Phi) is 8.40. The van der Waals surface area contributed by atoms with Crippen LogP contribution in [0.1, 0.15) is 11.1 Å². The summed E-state index contributed by atoms with van der Waals surface area (Å²) in [5.74, 6) is 0.293. The van der Waals surface area contributed by atoms with Gasteiger partial charge in [-0.2, -0.15) is 0 Å². The Morgan fingerprint density at radius 1 is 0.829 bits per heavy atom. The Bertz CT molecular complexity index is 1060. The van der Waals surface area contributed by atoms with Crippen LogP contribution >= 0.6 is 0 Å². The molecule has 0 aromatic heterocycles. The van der Waals surface area contributed by atoms with Crippen LogP contribution in [0.5, 0.6) is 5.75 Å². The van der Waals surface area contributed by atoms with E-state index in [0.29, 0.717) is 12.4 Å². The molecular formula is C26H27NO8. The zero-order valence-electron chi connectivity index (χ0n) is 18.9. The summed E-state index contributed by atoms with van der Waals surface area (Å²) < 4.78 is 23.5. The summed E-state index contributed by atoms with van der Waals surface area (Å²) in [5, 5.41) is 32.6. The normalized spacial score (nSPS) is 24.1.